The van der Waals surface area contributed by atoms with Crippen LogP contribution in [0.1, 0.15) is 20.3 Å². The molecule has 0 aliphatic carbocycles. The number of rotatable bonds is 4. The van der Waals surface area contributed by atoms with Crippen LogP contribution in [0.15, 0.2) is 18.2 Å². The van der Waals surface area contributed by atoms with Crippen molar-refractivity contribution >= 4 is 56.1 Å². The first-order valence-electron chi connectivity index (χ1n) is 7.32. The highest BCUT2D eigenvalue weighted by Gasteiger charge is 2.46. The molecular weight excluding hydrogens is 352 g/mol. The van der Waals surface area contributed by atoms with Crippen LogP contribution < -0.4 is 10.6 Å². The second-order valence-corrected chi connectivity index (χ2v) is 7.15. The first kappa shape index (κ1) is 16.7. The summed E-state index contributed by atoms with van der Waals surface area (Å²) in [4.78, 5) is 41.5. The molecular formula is C15H15ClN4O3S. The number of halogens is 1. The van der Waals surface area contributed by atoms with Crippen LogP contribution in [0, 0.1) is 0 Å². The number of fused-ring (bicyclic) bond motifs is 1. The average molecular weight is 367 g/mol. The van der Waals surface area contributed by atoms with E-state index in [1.807, 2.05) is 0 Å². The molecule has 0 bridgehead atoms. The quantitative estimate of drug-likeness (QED) is 0.813. The fraction of sp³-hybridized carbons (Fsp3) is 0.333. The van der Waals surface area contributed by atoms with Crippen LogP contribution in [0.3, 0.4) is 0 Å². The number of urea groups is 1. The van der Waals surface area contributed by atoms with E-state index in [9.17, 15) is 14.4 Å². The topological polar surface area (TPSA) is 91.4 Å². The minimum atomic E-state index is -0.954. The lowest BCUT2D eigenvalue weighted by molar-refractivity contribution is -0.133. The lowest BCUT2D eigenvalue weighted by Gasteiger charge is -2.18. The van der Waals surface area contributed by atoms with Gasteiger partial charge in [0, 0.05) is 5.02 Å². The zero-order valence-corrected chi connectivity index (χ0v) is 14.6. The number of thiazole rings is 1. The molecule has 0 radical (unpaired) electrons. The zero-order valence-electron chi connectivity index (χ0n) is 13.1. The van der Waals surface area contributed by atoms with Crippen molar-refractivity contribution in [1.29, 1.82) is 0 Å². The van der Waals surface area contributed by atoms with Gasteiger partial charge in [0.05, 0.1) is 10.2 Å². The second kappa shape index (κ2) is 6.03. The lowest BCUT2D eigenvalue weighted by atomic mass is 9.99. The van der Waals surface area contributed by atoms with Gasteiger partial charge in [-0.2, -0.15) is 0 Å². The maximum absolute atomic E-state index is 12.3. The predicted octanol–water partition coefficient (Wildman–Crippen LogP) is 2.61. The molecule has 0 spiro atoms. The SMILES string of the molecule is CC[C@@]1(C)NC(=O)N(CC(=O)Nc2nc3ccc(Cl)cc3s2)C1=O. The Labute approximate surface area is 147 Å². The highest BCUT2D eigenvalue weighted by Crippen LogP contribution is 2.28. The third-order valence-corrected chi connectivity index (χ3v) is 5.12. The molecule has 126 valence electrons. The molecule has 1 aliphatic rings. The van der Waals surface area contributed by atoms with E-state index in [1.54, 1.807) is 32.0 Å². The van der Waals surface area contributed by atoms with Crippen LogP contribution in [0.2, 0.25) is 5.02 Å². The number of amides is 4. The highest BCUT2D eigenvalue weighted by molar-refractivity contribution is 7.22. The Balaban J connectivity index is 1.71. The van der Waals surface area contributed by atoms with Gasteiger partial charge in [-0.15, -0.1) is 0 Å². The van der Waals surface area contributed by atoms with E-state index in [4.69, 9.17) is 11.6 Å². The van der Waals surface area contributed by atoms with Gasteiger partial charge in [0.15, 0.2) is 5.13 Å². The molecule has 1 aliphatic heterocycles. The fourth-order valence-electron chi connectivity index (χ4n) is 2.38. The van der Waals surface area contributed by atoms with Crippen molar-refractivity contribution in [2.24, 2.45) is 0 Å². The summed E-state index contributed by atoms with van der Waals surface area (Å²) < 4.78 is 0.839. The van der Waals surface area contributed by atoms with Gasteiger partial charge in [0.2, 0.25) is 5.91 Å². The zero-order chi connectivity index (χ0) is 17.5. The summed E-state index contributed by atoms with van der Waals surface area (Å²) >= 11 is 7.19. The average Bonchev–Trinajstić information content (AvgIpc) is 3.00. The van der Waals surface area contributed by atoms with Crippen LogP contribution in [-0.2, 0) is 9.59 Å². The molecule has 2 N–H and O–H groups in total. The highest BCUT2D eigenvalue weighted by atomic mass is 35.5. The van der Waals surface area contributed by atoms with E-state index < -0.39 is 23.4 Å². The van der Waals surface area contributed by atoms with Crippen molar-refractivity contribution < 1.29 is 14.4 Å². The Kier molecular flexibility index (Phi) is 4.18. The van der Waals surface area contributed by atoms with Gasteiger partial charge >= 0.3 is 6.03 Å². The molecule has 2 aromatic rings. The molecule has 0 saturated carbocycles. The summed E-state index contributed by atoms with van der Waals surface area (Å²) in [5.41, 5.74) is -0.238. The Morgan fingerprint density at radius 2 is 2.21 bits per heavy atom. The number of aromatic nitrogens is 1. The van der Waals surface area contributed by atoms with Gasteiger partial charge in [-0.05, 0) is 31.5 Å². The molecule has 2 heterocycles. The lowest BCUT2D eigenvalue weighted by Crippen LogP contribution is -2.44. The number of benzene rings is 1. The van der Waals surface area contributed by atoms with E-state index in [0.717, 1.165) is 9.60 Å². The summed E-state index contributed by atoms with van der Waals surface area (Å²) in [6.07, 6.45) is 0.453. The van der Waals surface area contributed by atoms with Gasteiger partial charge in [0.25, 0.3) is 5.91 Å². The molecule has 1 aromatic heterocycles. The van der Waals surface area contributed by atoms with Crippen LogP contribution in [0.4, 0.5) is 9.93 Å². The van der Waals surface area contributed by atoms with Gasteiger partial charge in [0.1, 0.15) is 12.1 Å². The minimum Gasteiger partial charge on any atom is -0.323 e. The van der Waals surface area contributed by atoms with Crippen LogP contribution in [-0.4, -0.2) is 39.8 Å². The summed E-state index contributed by atoms with van der Waals surface area (Å²) in [6.45, 7) is 3.09. The van der Waals surface area contributed by atoms with Crippen molar-refractivity contribution in [1.82, 2.24) is 15.2 Å². The molecule has 1 fully saturated rings. The number of imide groups is 1. The maximum Gasteiger partial charge on any atom is 0.325 e. The number of nitrogens with zero attached hydrogens (tertiary/aromatic N) is 2. The van der Waals surface area contributed by atoms with Crippen molar-refractivity contribution in [3.63, 3.8) is 0 Å². The molecule has 24 heavy (non-hydrogen) atoms. The Hall–Kier alpha value is -2.19. The summed E-state index contributed by atoms with van der Waals surface area (Å²) in [7, 11) is 0. The van der Waals surface area contributed by atoms with E-state index in [2.05, 4.69) is 15.6 Å². The number of nitrogens with one attached hydrogen (secondary N) is 2. The van der Waals surface area contributed by atoms with Gasteiger partial charge in [-0.3, -0.25) is 14.5 Å². The monoisotopic (exact) mass is 366 g/mol. The summed E-state index contributed by atoms with van der Waals surface area (Å²) in [6, 6.07) is 4.67. The van der Waals surface area contributed by atoms with Crippen molar-refractivity contribution in [3.05, 3.63) is 23.2 Å². The molecule has 1 aromatic carbocycles. The van der Waals surface area contributed by atoms with E-state index in [1.165, 1.54) is 11.3 Å². The van der Waals surface area contributed by atoms with Gasteiger partial charge in [-0.25, -0.2) is 9.78 Å². The van der Waals surface area contributed by atoms with Crippen molar-refractivity contribution in [3.8, 4) is 0 Å². The third kappa shape index (κ3) is 2.94. The van der Waals surface area contributed by atoms with Crippen LogP contribution >= 0.6 is 22.9 Å². The first-order chi connectivity index (χ1) is 11.3. The van der Waals surface area contributed by atoms with E-state index in [0.29, 0.717) is 22.1 Å². The van der Waals surface area contributed by atoms with E-state index in [-0.39, 0.29) is 6.54 Å². The molecule has 1 saturated heterocycles. The second-order valence-electron chi connectivity index (χ2n) is 5.69. The minimum absolute atomic E-state index is 0.350. The number of anilines is 1. The molecule has 9 heteroatoms. The van der Waals surface area contributed by atoms with Crippen molar-refractivity contribution in [2.75, 3.05) is 11.9 Å². The Bertz CT molecular complexity index is 852. The molecule has 3 rings (SSSR count). The molecule has 4 amide bonds. The number of carbonyl (C=O) groups excluding carboxylic acids is 3. The van der Waals surface area contributed by atoms with Crippen molar-refractivity contribution in [2.45, 2.75) is 25.8 Å². The summed E-state index contributed by atoms with van der Waals surface area (Å²) in [5.74, 6) is -0.884. The smallest absolute Gasteiger partial charge is 0.323 e. The van der Waals surface area contributed by atoms with Crippen LogP contribution in [0.5, 0.6) is 0 Å². The number of carbonyl (C=O) groups is 3. The predicted molar refractivity (Wildman–Crippen MR) is 92.2 cm³/mol. The molecule has 0 unspecified atom stereocenters. The normalized spacial score (nSPS) is 20.5. The number of hydrogen-bond acceptors (Lipinski definition) is 5. The number of hydrogen-bond donors (Lipinski definition) is 2. The Morgan fingerprint density at radius 3 is 2.88 bits per heavy atom. The van der Waals surface area contributed by atoms with Gasteiger partial charge in [-0.1, -0.05) is 29.9 Å². The van der Waals surface area contributed by atoms with E-state index >= 15 is 0 Å². The fourth-order valence-corrected chi connectivity index (χ4v) is 3.54. The molecule has 7 nitrogen and oxygen atoms in total. The summed E-state index contributed by atoms with van der Waals surface area (Å²) in [5, 5.41) is 6.20. The first-order valence-corrected chi connectivity index (χ1v) is 8.52. The standard InChI is InChI=1S/C15H15ClN4O3S/c1-3-15(2)12(22)20(14(23)19-15)7-11(21)18-13-17-9-5-4-8(16)6-10(9)24-13/h4-6H,3,7H2,1-2H3,(H,19,23)(H,17,18,21)/t15-/m1/s1. The Morgan fingerprint density at radius 1 is 1.46 bits per heavy atom. The van der Waals surface area contributed by atoms with Crippen LogP contribution in [0.25, 0.3) is 10.2 Å². The maximum atomic E-state index is 12.3. The van der Waals surface area contributed by atoms with Gasteiger partial charge < -0.3 is 10.6 Å². The third-order valence-electron chi connectivity index (χ3n) is 3.95. The largest absolute Gasteiger partial charge is 0.325 e. The molecule has 1 atom stereocenters.